The second kappa shape index (κ2) is 5.08. The average molecular weight is 258 g/mol. The van der Waals surface area contributed by atoms with Crippen molar-refractivity contribution in [3.05, 3.63) is 0 Å². The fourth-order valence-corrected chi connectivity index (χ4v) is 4.10. The van der Waals surface area contributed by atoms with Crippen molar-refractivity contribution in [1.29, 1.82) is 0 Å². The quantitative estimate of drug-likeness (QED) is 0.836. The minimum atomic E-state index is 0.238. The number of ether oxygens (including phenoxy) is 1. The maximum absolute atomic E-state index is 6.03. The van der Waals surface area contributed by atoms with Gasteiger partial charge in [-0.25, -0.2) is 0 Å². The fourth-order valence-electron chi connectivity index (χ4n) is 3.00. The highest BCUT2D eigenvalue weighted by Gasteiger charge is 2.48. The van der Waals surface area contributed by atoms with Crippen LogP contribution in [-0.4, -0.2) is 53.8 Å². The highest BCUT2D eigenvalue weighted by Crippen LogP contribution is 2.41. The number of nitrogens with zero attached hydrogens (tertiary/aromatic N) is 1. The Morgan fingerprint density at radius 3 is 2.65 bits per heavy atom. The van der Waals surface area contributed by atoms with Gasteiger partial charge < -0.3 is 10.5 Å². The zero-order valence-corrected chi connectivity index (χ0v) is 12.2. The molecular formula is C13H26N2OS. The lowest BCUT2D eigenvalue weighted by molar-refractivity contribution is -0.0853. The highest BCUT2D eigenvalue weighted by atomic mass is 32.2. The van der Waals surface area contributed by atoms with Crippen LogP contribution in [0.25, 0.3) is 0 Å². The molecule has 0 bridgehead atoms. The van der Waals surface area contributed by atoms with Gasteiger partial charge in [0, 0.05) is 42.8 Å². The predicted molar refractivity (Wildman–Crippen MR) is 74.5 cm³/mol. The Morgan fingerprint density at radius 2 is 2.06 bits per heavy atom. The van der Waals surface area contributed by atoms with Crippen LogP contribution in [0.4, 0.5) is 0 Å². The molecule has 0 radical (unpaired) electrons. The molecular weight excluding hydrogens is 232 g/mol. The molecule has 0 aromatic heterocycles. The molecule has 0 atom stereocenters. The summed E-state index contributed by atoms with van der Waals surface area (Å²) in [5, 5.41) is 0. The summed E-state index contributed by atoms with van der Waals surface area (Å²) < 4.78 is 5.84. The first-order chi connectivity index (χ1) is 8.01. The molecule has 0 aromatic rings. The van der Waals surface area contributed by atoms with Crippen LogP contribution in [0.5, 0.6) is 0 Å². The number of methoxy groups -OCH3 is 1. The Morgan fingerprint density at radius 1 is 1.35 bits per heavy atom. The van der Waals surface area contributed by atoms with Crippen molar-refractivity contribution in [2.75, 3.05) is 32.5 Å². The number of nitrogens with two attached hydrogens (primary N) is 1. The van der Waals surface area contributed by atoms with Gasteiger partial charge in [0.1, 0.15) is 0 Å². The number of hydrogen-bond donors (Lipinski definition) is 1. The summed E-state index contributed by atoms with van der Waals surface area (Å²) in [6.07, 6.45) is 3.93. The first-order valence-electron chi connectivity index (χ1n) is 6.63. The summed E-state index contributed by atoms with van der Waals surface area (Å²) in [5.74, 6) is 1.23. The van der Waals surface area contributed by atoms with E-state index in [2.05, 4.69) is 30.5 Å². The van der Waals surface area contributed by atoms with Crippen LogP contribution in [0.1, 0.15) is 33.1 Å². The Kier molecular flexibility index (Phi) is 4.08. The van der Waals surface area contributed by atoms with Crippen LogP contribution in [0.2, 0.25) is 0 Å². The van der Waals surface area contributed by atoms with Gasteiger partial charge in [-0.3, -0.25) is 4.90 Å². The van der Waals surface area contributed by atoms with Gasteiger partial charge in [0.15, 0.2) is 0 Å². The molecule has 2 fully saturated rings. The van der Waals surface area contributed by atoms with Gasteiger partial charge in [-0.1, -0.05) is 13.8 Å². The van der Waals surface area contributed by atoms with Gasteiger partial charge in [0.25, 0.3) is 0 Å². The average Bonchev–Trinajstić information content (AvgIpc) is 2.40. The normalized spacial score (nSPS) is 38.5. The van der Waals surface area contributed by atoms with Crippen molar-refractivity contribution in [3.8, 4) is 0 Å². The largest absolute Gasteiger partial charge is 0.381 e. The smallest absolute Gasteiger partial charge is 0.0607 e. The Bertz CT molecular complexity index is 264. The van der Waals surface area contributed by atoms with Crippen molar-refractivity contribution >= 4 is 11.8 Å². The van der Waals surface area contributed by atoms with E-state index in [1.807, 2.05) is 7.11 Å². The van der Waals surface area contributed by atoms with Gasteiger partial charge in [0.05, 0.1) is 6.10 Å². The molecule has 0 spiro atoms. The van der Waals surface area contributed by atoms with Crippen LogP contribution in [0.3, 0.4) is 0 Å². The molecule has 4 heteroatoms. The third kappa shape index (κ3) is 2.80. The number of rotatable bonds is 3. The summed E-state index contributed by atoms with van der Waals surface area (Å²) in [6.45, 7) is 7.86. The Hall–Kier alpha value is 0.230. The molecule has 2 aliphatic rings. The second-order valence-corrected chi connectivity index (χ2v) is 7.84. The molecule has 3 nitrogen and oxygen atoms in total. The van der Waals surface area contributed by atoms with Gasteiger partial charge in [0.2, 0.25) is 0 Å². The molecule has 100 valence electrons. The van der Waals surface area contributed by atoms with E-state index in [-0.39, 0.29) is 5.54 Å². The van der Waals surface area contributed by atoms with Crippen LogP contribution < -0.4 is 5.73 Å². The van der Waals surface area contributed by atoms with Crippen LogP contribution >= 0.6 is 11.8 Å². The van der Waals surface area contributed by atoms with Gasteiger partial charge in [-0.15, -0.1) is 0 Å². The van der Waals surface area contributed by atoms with Crippen molar-refractivity contribution < 1.29 is 4.74 Å². The van der Waals surface area contributed by atoms with Crippen molar-refractivity contribution in [1.82, 2.24) is 4.90 Å². The molecule has 1 saturated carbocycles. The molecule has 2 rings (SSSR count). The zero-order valence-electron chi connectivity index (χ0n) is 11.4. The van der Waals surface area contributed by atoms with E-state index in [0.29, 0.717) is 10.9 Å². The van der Waals surface area contributed by atoms with E-state index < -0.39 is 0 Å². The highest BCUT2D eigenvalue weighted by molar-refractivity contribution is 8.00. The number of thioether (sulfide) groups is 1. The summed E-state index contributed by atoms with van der Waals surface area (Å²) in [4.78, 5) is 2.63. The van der Waals surface area contributed by atoms with Gasteiger partial charge in [-0.05, 0) is 19.3 Å². The lowest BCUT2D eigenvalue weighted by atomic mass is 9.72. The summed E-state index contributed by atoms with van der Waals surface area (Å²) in [7, 11) is 1.81. The SMILES string of the molecule is COC1CC(CN)(N2CCSC(C)(C)CC2)C1. The minimum Gasteiger partial charge on any atom is -0.381 e. The Balaban J connectivity index is 1.97. The monoisotopic (exact) mass is 258 g/mol. The molecule has 1 aliphatic carbocycles. The number of hydrogen-bond acceptors (Lipinski definition) is 4. The topological polar surface area (TPSA) is 38.5 Å². The summed E-state index contributed by atoms with van der Waals surface area (Å²) in [6, 6.07) is 0. The lowest BCUT2D eigenvalue weighted by Gasteiger charge is -2.53. The van der Waals surface area contributed by atoms with Gasteiger partial charge in [-0.2, -0.15) is 11.8 Å². The predicted octanol–water partition coefficient (Wildman–Crippen LogP) is 1.71. The fraction of sp³-hybridized carbons (Fsp3) is 1.00. The van der Waals surface area contributed by atoms with Gasteiger partial charge >= 0.3 is 0 Å². The molecule has 1 heterocycles. The van der Waals surface area contributed by atoms with E-state index in [0.717, 1.165) is 19.4 Å². The van der Waals surface area contributed by atoms with Crippen molar-refractivity contribution in [2.24, 2.45) is 5.73 Å². The van der Waals surface area contributed by atoms with E-state index in [1.54, 1.807) is 0 Å². The summed E-state index contributed by atoms with van der Waals surface area (Å²) >= 11 is 2.10. The summed E-state index contributed by atoms with van der Waals surface area (Å²) in [5.41, 5.74) is 6.27. The Labute approximate surface area is 109 Å². The minimum absolute atomic E-state index is 0.238. The van der Waals surface area contributed by atoms with E-state index >= 15 is 0 Å². The maximum Gasteiger partial charge on any atom is 0.0607 e. The molecule has 2 N–H and O–H groups in total. The zero-order chi connectivity index (χ0) is 12.5. The second-order valence-electron chi connectivity index (χ2n) is 6.04. The molecule has 0 amide bonds. The van der Waals surface area contributed by atoms with E-state index in [9.17, 15) is 0 Å². The molecule has 1 aliphatic heterocycles. The lowest BCUT2D eigenvalue weighted by Crippen LogP contribution is -2.64. The molecule has 17 heavy (non-hydrogen) atoms. The molecule has 0 aromatic carbocycles. The maximum atomic E-state index is 6.03. The van der Waals surface area contributed by atoms with E-state index in [1.165, 1.54) is 25.3 Å². The molecule has 0 unspecified atom stereocenters. The van der Waals surface area contributed by atoms with Crippen molar-refractivity contribution in [2.45, 2.75) is 49.5 Å². The first kappa shape index (κ1) is 13.7. The standard InChI is InChI=1S/C13H26N2OS/c1-12(2)4-5-15(6-7-17-12)13(10-14)8-11(9-13)16-3/h11H,4-10,14H2,1-3H3. The first-order valence-corrected chi connectivity index (χ1v) is 7.62. The van der Waals surface area contributed by atoms with Crippen LogP contribution in [0, 0.1) is 0 Å². The third-order valence-corrected chi connectivity index (χ3v) is 5.81. The van der Waals surface area contributed by atoms with Crippen molar-refractivity contribution in [3.63, 3.8) is 0 Å². The van der Waals surface area contributed by atoms with E-state index in [4.69, 9.17) is 10.5 Å². The van der Waals surface area contributed by atoms with Crippen LogP contribution in [0.15, 0.2) is 0 Å². The third-order valence-electron chi connectivity index (χ3n) is 4.44. The van der Waals surface area contributed by atoms with Crippen LogP contribution in [-0.2, 0) is 4.74 Å². The molecule has 1 saturated heterocycles.